The van der Waals surface area contributed by atoms with Crippen LogP contribution in [-0.2, 0) is 12.8 Å². The fraction of sp³-hybridized carbons (Fsp3) is 0.294. The van der Waals surface area contributed by atoms with Crippen molar-refractivity contribution in [1.82, 2.24) is 5.32 Å². The first-order valence-electron chi connectivity index (χ1n) is 7.20. The monoisotopic (exact) mass is 303 g/mol. The van der Waals surface area contributed by atoms with Gasteiger partial charge in [-0.15, -0.1) is 0 Å². The molecule has 2 aromatic carbocycles. The second-order valence-corrected chi connectivity index (χ2v) is 5.22. The molecule has 0 unspecified atom stereocenters. The molecular formula is C17H21NO4. The van der Waals surface area contributed by atoms with Crippen LogP contribution in [0.5, 0.6) is 11.5 Å². The fourth-order valence-electron chi connectivity index (χ4n) is 2.28. The van der Waals surface area contributed by atoms with Gasteiger partial charge in [-0.1, -0.05) is 30.3 Å². The molecule has 118 valence electrons. The maximum Gasteiger partial charge on any atom is 0.167 e. The van der Waals surface area contributed by atoms with Crippen LogP contribution < -0.4 is 5.32 Å². The molecule has 0 aromatic heterocycles. The largest absolute Gasteiger partial charge is 0.508 e. The number of para-hydroxylation sites is 1. The van der Waals surface area contributed by atoms with Crippen molar-refractivity contribution in [2.24, 2.45) is 0 Å². The topological polar surface area (TPSA) is 93.0 Å². The number of benzene rings is 2. The van der Waals surface area contributed by atoms with E-state index >= 15 is 0 Å². The molecule has 0 fully saturated rings. The zero-order valence-corrected chi connectivity index (χ0v) is 12.2. The summed E-state index contributed by atoms with van der Waals surface area (Å²) in [6.07, 6.45) is -0.470. The van der Waals surface area contributed by atoms with Gasteiger partial charge in [0, 0.05) is 0 Å². The van der Waals surface area contributed by atoms with Gasteiger partial charge in [0.1, 0.15) is 11.5 Å². The third kappa shape index (κ3) is 4.73. The SMILES string of the molecule is Oc1ccc(C[C@H](NCCc2ccccc2O)C(O)O)cc1. The van der Waals surface area contributed by atoms with Gasteiger partial charge < -0.3 is 25.7 Å². The van der Waals surface area contributed by atoms with Crippen LogP contribution in [-0.4, -0.2) is 39.3 Å². The van der Waals surface area contributed by atoms with E-state index in [2.05, 4.69) is 5.32 Å². The van der Waals surface area contributed by atoms with Gasteiger partial charge in [0.2, 0.25) is 0 Å². The minimum Gasteiger partial charge on any atom is -0.508 e. The van der Waals surface area contributed by atoms with E-state index in [1.807, 2.05) is 12.1 Å². The highest BCUT2D eigenvalue weighted by Crippen LogP contribution is 2.16. The summed E-state index contributed by atoms with van der Waals surface area (Å²) >= 11 is 0. The Hall–Kier alpha value is -2.08. The Labute approximate surface area is 129 Å². The van der Waals surface area contributed by atoms with Crippen molar-refractivity contribution in [3.05, 3.63) is 59.7 Å². The van der Waals surface area contributed by atoms with Crippen molar-refractivity contribution < 1.29 is 20.4 Å². The molecule has 0 radical (unpaired) electrons. The van der Waals surface area contributed by atoms with E-state index in [0.717, 1.165) is 11.1 Å². The Morgan fingerprint density at radius 1 is 0.909 bits per heavy atom. The van der Waals surface area contributed by atoms with Crippen molar-refractivity contribution in [3.63, 3.8) is 0 Å². The van der Waals surface area contributed by atoms with Crippen molar-refractivity contribution in [2.45, 2.75) is 25.2 Å². The Kier molecular flexibility index (Phi) is 5.77. The Bertz CT molecular complexity index is 583. The van der Waals surface area contributed by atoms with E-state index in [9.17, 15) is 20.4 Å². The summed E-state index contributed by atoms with van der Waals surface area (Å²) in [6, 6.07) is 13.2. The molecule has 5 nitrogen and oxygen atoms in total. The lowest BCUT2D eigenvalue weighted by molar-refractivity contribution is -0.0665. The number of aromatic hydroxyl groups is 2. The van der Waals surface area contributed by atoms with Crippen LogP contribution in [0.15, 0.2) is 48.5 Å². The average molecular weight is 303 g/mol. The lowest BCUT2D eigenvalue weighted by atomic mass is 10.0. The number of hydrogen-bond acceptors (Lipinski definition) is 5. The van der Waals surface area contributed by atoms with Gasteiger partial charge in [0.25, 0.3) is 0 Å². The Balaban J connectivity index is 1.89. The van der Waals surface area contributed by atoms with Crippen LogP contribution in [0, 0.1) is 0 Å². The molecule has 22 heavy (non-hydrogen) atoms. The molecule has 0 saturated heterocycles. The van der Waals surface area contributed by atoms with Crippen molar-refractivity contribution in [2.75, 3.05) is 6.54 Å². The molecule has 0 amide bonds. The molecule has 5 N–H and O–H groups in total. The number of hydrogen-bond donors (Lipinski definition) is 5. The average Bonchev–Trinajstić information content (AvgIpc) is 2.50. The van der Waals surface area contributed by atoms with Gasteiger partial charge in [-0.2, -0.15) is 0 Å². The lowest BCUT2D eigenvalue weighted by Gasteiger charge is -2.21. The highest BCUT2D eigenvalue weighted by Gasteiger charge is 2.16. The van der Waals surface area contributed by atoms with Crippen molar-refractivity contribution in [1.29, 1.82) is 0 Å². The summed E-state index contributed by atoms with van der Waals surface area (Å²) < 4.78 is 0. The molecule has 0 aliphatic rings. The van der Waals surface area contributed by atoms with Crippen LogP contribution in [0.4, 0.5) is 0 Å². The Morgan fingerprint density at radius 3 is 2.23 bits per heavy atom. The van der Waals surface area contributed by atoms with Gasteiger partial charge in [0.15, 0.2) is 6.29 Å². The highest BCUT2D eigenvalue weighted by atomic mass is 16.5. The van der Waals surface area contributed by atoms with E-state index in [4.69, 9.17) is 0 Å². The van der Waals surface area contributed by atoms with Gasteiger partial charge in [-0.3, -0.25) is 0 Å². The lowest BCUT2D eigenvalue weighted by Crippen LogP contribution is -2.42. The van der Waals surface area contributed by atoms with E-state index in [1.54, 1.807) is 36.4 Å². The molecule has 5 heteroatoms. The van der Waals surface area contributed by atoms with Gasteiger partial charge in [-0.25, -0.2) is 0 Å². The first-order chi connectivity index (χ1) is 10.6. The Morgan fingerprint density at radius 2 is 1.59 bits per heavy atom. The third-order valence-corrected chi connectivity index (χ3v) is 3.54. The van der Waals surface area contributed by atoms with Crippen LogP contribution in [0.3, 0.4) is 0 Å². The fourth-order valence-corrected chi connectivity index (χ4v) is 2.28. The van der Waals surface area contributed by atoms with Crippen LogP contribution in [0.1, 0.15) is 11.1 Å². The van der Waals surface area contributed by atoms with Crippen LogP contribution >= 0.6 is 0 Å². The summed E-state index contributed by atoms with van der Waals surface area (Å²) in [6.45, 7) is 0.512. The quantitative estimate of drug-likeness (QED) is 0.495. The molecule has 2 aromatic rings. The first kappa shape index (κ1) is 16.3. The van der Waals surface area contributed by atoms with E-state index in [-0.39, 0.29) is 11.5 Å². The molecule has 1 atom stereocenters. The molecule has 2 rings (SSSR count). The van der Waals surface area contributed by atoms with E-state index in [0.29, 0.717) is 19.4 Å². The number of aliphatic hydroxyl groups is 2. The molecule has 0 spiro atoms. The van der Waals surface area contributed by atoms with Crippen molar-refractivity contribution in [3.8, 4) is 11.5 Å². The van der Waals surface area contributed by atoms with Crippen LogP contribution in [0.2, 0.25) is 0 Å². The second kappa shape index (κ2) is 7.79. The summed E-state index contributed by atoms with van der Waals surface area (Å²) in [5.41, 5.74) is 1.71. The zero-order valence-electron chi connectivity index (χ0n) is 12.2. The molecule has 0 heterocycles. The first-order valence-corrected chi connectivity index (χ1v) is 7.20. The number of aliphatic hydroxyl groups excluding tert-OH is 1. The normalized spacial score (nSPS) is 12.5. The summed E-state index contributed by atoms with van der Waals surface area (Å²) in [7, 11) is 0. The summed E-state index contributed by atoms with van der Waals surface area (Å²) in [5, 5.41) is 41.0. The molecular weight excluding hydrogens is 282 g/mol. The summed E-state index contributed by atoms with van der Waals surface area (Å²) in [4.78, 5) is 0. The highest BCUT2D eigenvalue weighted by molar-refractivity contribution is 5.32. The van der Waals surface area contributed by atoms with Gasteiger partial charge in [0.05, 0.1) is 6.04 Å². The third-order valence-electron chi connectivity index (χ3n) is 3.54. The minimum absolute atomic E-state index is 0.178. The van der Waals surface area contributed by atoms with Crippen LogP contribution in [0.25, 0.3) is 0 Å². The molecule has 0 bridgehead atoms. The number of rotatable bonds is 7. The standard InChI is InChI=1S/C17H21NO4/c19-14-7-5-12(6-8-14)11-15(17(21)22)18-10-9-13-3-1-2-4-16(13)20/h1-8,15,17-22H,9-11H2/t15-/m0/s1. The minimum atomic E-state index is -1.49. The number of phenols is 2. The zero-order chi connectivity index (χ0) is 15.9. The smallest absolute Gasteiger partial charge is 0.167 e. The predicted molar refractivity (Wildman–Crippen MR) is 83.6 cm³/mol. The van der Waals surface area contributed by atoms with Gasteiger partial charge in [-0.05, 0) is 48.7 Å². The predicted octanol–water partition coefficient (Wildman–Crippen LogP) is 1.15. The molecule has 0 aliphatic heterocycles. The van der Waals surface area contributed by atoms with Gasteiger partial charge >= 0.3 is 0 Å². The molecule has 0 saturated carbocycles. The molecule has 0 aliphatic carbocycles. The van der Waals surface area contributed by atoms with E-state index < -0.39 is 12.3 Å². The van der Waals surface area contributed by atoms with E-state index in [1.165, 1.54) is 0 Å². The van der Waals surface area contributed by atoms with Crippen molar-refractivity contribution >= 4 is 0 Å². The summed E-state index contributed by atoms with van der Waals surface area (Å²) in [5.74, 6) is 0.418. The maximum absolute atomic E-state index is 9.70. The maximum atomic E-state index is 9.70. The second-order valence-electron chi connectivity index (χ2n) is 5.22. The number of phenolic OH excluding ortho intramolecular Hbond substituents is 2. The number of nitrogens with one attached hydrogen (secondary N) is 1.